The zero-order valence-electron chi connectivity index (χ0n) is 11.3. The third kappa shape index (κ3) is 2.64. The van der Waals surface area contributed by atoms with Crippen molar-refractivity contribution in [2.24, 2.45) is 17.3 Å². The summed E-state index contributed by atoms with van der Waals surface area (Å²) >= 11 is 0. The molecule has 0 radical (unpaired) electrons. The van der Waals surface area contributed by atoms with Crippen LogP contribution in [-0.2, 0) is 16.0 Å². The van der Waals surface area contributed by atoms with Gasteiger partial charge >= 0.3 is 5.97 Å². The van der Waals surface area contributed by atoms with Crippen molar-refractivity contribution in [2.75, 3.05) is 0 Å². The SMILES string of the molecule is CC(Cc1ccco1)NC(=O)C1C(C(=O)O)C1(C)C. The first-order valence-corrected chi connectivity index (χ1v) is 6.39. The molecule has 19 heavy (non-hydrogen) atoms. The molecule has 1 amide bonds. The largest absolute Gasteiger partial charge is 0.481 e. The van der Waals surface area contributed by atoms with Crippen molar-refractivity contribution >= 4 is 11.9 Å². The molecule has 2 N–H and O–H groups in total. The normalized spacial score (nSPS) is 25.6. The van der Waals surface area contributed by atoms with E-state index in [-0.39, 0.29) is 11.9 Å². The average Bonchev–Trinajstić information content (AvgIpc) is 2.66. The minimum Gasteiger partial charge on any atom is -0.481 e. The molecule has 1 aromatic rings. The number of aliphatic carboxylic acids is 1. The van der Waals surface area contributed by atoms with Gasteiger partial charge in [0.2, 0.25) is 5.91 Å². The Kier molecular flexibility index (Phi) is 3.39. The van der Waals surface area contributed by atoms with Gasteiger partial charge in [-0.1, -0.05) is 13.8 Å². The summed E-state index contributed by atoms with van der Waals surface area (Å²) < 4.78 is 5.22. The Morgan fingerprint density at radius 1 is 1.47 bits per heavy atom. The van der Waals surface area contributed by atoms with E-state index in [1.807, 2.05) is 26.8 Å². The Labute approximate surface area is 112 Å². The number of carbonyl (C=O) groups excluding carboxylic acids is 1. The first-order valence-electron chi connectivity index (χ1n) is 6.39. The van der Waals surface area contributed by atoms with Gasteiger partial charge in [0, 0.05) is 12.5 Å². The van der Waals surface area contributed by atoms with E-state index >= 15 is 0 Å². The fourth-order valence-corrected chi connectivity index (χ4v) is 2.70. The van der Waals surface area contributed by atoms with Crippen LogP contribution < -0.4 is 5.32 Å². The summed E-state index contributed by atoms with van der Waals surface area (Å²) in [6.07, 6.45) is 2.19. The lowest BCUT2D eigenvalue weighted by atomic mass is 10.1. The molecule has 1 aliphatic carbocycles. The van der Waals surface area contributed by atoms with Gasteiger partial charge in [-0.05, 0) is 24.5 Å². The van der Waals surface area contributed by atoms with Gasteiger partial charge in [0.05, 0.1) is 18.1 Å². The van der Waals surface area contributed by atoms with Crippen molar-refractivity contribution in [1.29, 1.82) is 0 Å². The van der Waals surface area contributed by atoms with E-state index in [9.17, 15) is 9.59 Å². The number of nitrogens with one attached hydrogen (secondary N) is 1. The second-order valence-corrected chi connectivity index (χ2v) is 5.81. The van der Waals surface area contributed by atoms with Gasteiger partial charge in [-0.3, -0.25) is 9.59 Å². The monoisotopic (exact) mass is 265 g/mol. The molecule has 1 aliphatic rings. The number of amides is 1. The second kappa shape index (κ2) is 4.72. The minimum atomic E-state index is -0.899. The van der Waals surface area contributed by atoms with E-state index in [0.29, 0.717) is 6.42 Å². The molecule has 1 heterocycles. The van der Waals surface area contributed by atoms with Crippen molar-refractivity contribution in [1.82, 2.24) is 5.32 Å². The Morgan fingerprint density at radius 2 is 2.16 bits per heavy atom. The summed E-state index contributed by atoms with van der Waals surface area (Å²) in [7, 11) is 0. The number of hydrogen-bond acceptors (Lipinski definition) is 3. The van der Waals surface area contributed by atoms with Crippen LogP contribution in [0.2, 0.25) is 0 Å². The van der Waals surface area contributed by atoms with Gasteiger partial charge < -0.3 is 14.8 Å². The number of hydrogen-bond donors (Lipinski definition) is 2. The second-order valence-electron chi connectivity index (χ2n) is 5.81. The molecule has 5 heteroatoms. The van der Waals surface area contributed by atoms with Crippen molar-refractivity contribution < 1.29 is 19.1 Å². The Balaban J connectivity index is 1.90. The molecule has 0 aliphatic heterocycles. The third-order valence-corrected chi connectivity index (χ3v) is 3.85. The molecular weight excluding hydrogens is 246 g/mol. The Hall–Kier alpha value is -1.78. The van der Waals surface area contributed by atoms with E-state index in [1.165, 1.54) is 0 Å². The summed E-state index contributed by atoms with van der Waals surface area (Å²) in [5, 5.41) is 11.9. The summed E-state index contributed by atoms with van der Waals surface area (Å²) in [6, 6.07) is 3.57. The van der Waals surface area contributed by atoms with E-state index in [1.54, 1.807) is 12.3 Å². The highest BCUT2D eigenvalue weighted by Gasteiger charge is 2.65. The van der Waals surface area contributed by atoms with Gasteiger partial charge in [0.1, 0.15) is 5.76 Å². The number of furan rings is 1. The first-order chi connectivity index (χ1) is 8.84. The molecule has 2 rings (SSSR count). The fourth-order valence-electron chi connectivity index (χ4n) is 2.70. The molecule has 104 valence electrons. The molecule has 0 bridgehead atoms. The summed E-state index contributed by atoms with van der Waals surface area (Å²) in [5.41, 5.74) is -0.458. The van der Waals surface area contributed by atoms with Gasteiger partial charge in [0.15, 0.2) is 0 Å². The topological polar surface area (TPSA) is 79.5 Å². The fraction of sp³-hybridized carbons (Fsp3) is 0.571. The lowest BCUT2D eigenvalue weighted by Crippen LogP contribution is -2.36. The molecule has 0 saturated heterocycles. The highest BCUT2D eigenvalue weighted by molar-refractivity contribution is 5.91. The lowest BCUT2D eigenvalue weighted by molar-refractivity contribution is -0.140. The van der Waals surface area contributed by atoms with Crippen molar-refractivity contribution in [3.8, 4) is 0 Å². The van der Waals surface area contributed by atoms with Crippen LogP contribution >= 0.6 is 0 Å². The summed E-state index contributed by atoms with van der Waals surface area (Å²) in [5.74, 6) is -1.30. The van der Waals surface area contributed by atoms with E-state index in [2.05, 4.69) is 5.32 Å². The number of carboxylic acids is 1. The number of carbonyl (C=O) groups is 2. The molecule has 5 nitrogen and oxygen atoms in total. The van der Waals surface area contributed by atoms with Crippen molar-refractivity contribution in [3.63, 3.8) is 0 Å². The summed E-state index contributed by atoms with van der Waals surface area (Å²) in [4.78, 5) is 23.1. The molecule has 0 aromatic carbocycles. The van der Waals surface area contributed by atoms with Crippen LogP contribution in [0.4, 0.5) is 0 Å². The van der Waals surface area contributed by atoms with Crippen LogP contribution in [-0.4, -0.2) is 23.0 Å². The molecule has 3 unspecified atom stereocenters. The minimum absolute atomic E-state index is 0.0792. The maximum absolute atomic E-state index is 12.1. The molecule has 1 fully saturated rings. The number of rotatable bonds is 5. The Morgan fingerprint density at radius 3 is 2.63 bits per heavy atom. The highest BCUT2D eigenvalue weighted by Crippen LogP contribution is 2.58. The van der Waals surface area contributed by atoms with Crippen LogP contribution in [0.3, 0.4) is 0 Å². The molecule has 3 atom stereocenters. The highest BCUT2D eigenvalue weighted by atomic mass is 16.4. The predicted octanol–water partition coefficient (Wildman–Crippen LogP) is 1.68. The van der Waals surface area contributed by atoms with E-state index in [0.717, 1.165) is 5.76 Å². The van der Waals surface area contributed by atoms with Crippen LogP contribution in [0.15, 0.2) is 22.8 Å². The predicted molar refractivity (Wildman–Crippen MR) is 68.4 cm³/mol. The molecule has 0 spiro atoms. The zero-order valence-corrected chi connectivity index (χ0v) is 11.3. The zero-order chi connectivity index (χ0) is 14.2. The van der Waals surface area contributed by atoms with Crippen LogP contribution in [0.1, 0.15) is 26.5 Å². The third-order valence-electron chi connectivity index (χ3n) is 3.85. The standard InChI is InChI=1S/C14H19NO4/c1-8(7-9-5-4-6-19-9)15-12(16)10-11(13(17)18)14(10,2)3/h4-6,8,10-11H,7H2,1-3H3,(H,15,16)(H,17,18). The van der Waals surface area contributed by atoms with Crippen LogP contribution in [0.25, 0.3) is 0 Å². The summed E-state index contributed by atoms with van der Waals surface area (Å²) in [6.45, 7) is 5.51. The van der Waals surface area contributed by atoms with Gasteiger partial charge in [-0.25, -0.2) is 0 Å². The molecule has 1 saturated carbocycles. The van der Waals surface area contributed by atoms with Gasteiger partial charge in [0.25, 0.3) is 0 Å². The first kappa shape index (κ1) is 13.6. The molecule has 1 aromatic heterocycles. The lowest BCUT2D eigenvalue weighted by Gasteiger charge is -2.13. The average molecular weight is 265 g/mol. The van der Waals surface area contributed by atoms with Crippen LogP contribution in [0.5, 0.6) is 0 Å². The van der Waals surface area contributed by atoms with E-state index < -0.39 is 23.2 Å². The number of carboxylic acid groups (broad SMARTS) is 1. The van der Waals surface area contributed by atoms with Gasteiger partial charge in [-0.2, -0.15) is 0 Å². The maximum atomic E-state index is 12.1. The van der Waals surface area contributed by atoms with E-state index in [4.69, 9.17) is 9.52 Å². The Bertz CT molecular complexity index is 478. The van der Waals surface area contributed by atoms with Crippen molar-refractivity contribution in [2.45, 2.75) is 33.2 Å². The molecular formula is C14H19NO4. The smallest absolute Gasteiger partial charge is 0.307 e. The van der Waals surface area contributed by atoms with Gasteiger partial charge in [-0.15, -0.1) is 0 Å². The van der Waals surface area contributed by atoms with Crippen LogP contribution in [0, 0.1) is 17.3 Å². The van der Waals surface area contributed by atoms with Crippen molar-refractivity contribution in [3.05, 3.63) is 24.2 Å². The quantitative estimate of drug-likeness (QED) is 0.849. The maximum Gasteiger partial charge on any atom is 0.307 e.